The van der Waals surface area contributed by atoms with Crippen molar-refractivity contribution in [2.75, 3.05) is 0 Å². The third-order valence-electron chi connectivity index (χ3n) is 2.08. The van der Waals surface area contributed by atoms with Crippen molar-refractivity contribution in [2.24, 2.45) is 0 Å². The zero-order valence-electron chi connectivity index (χ0n) is 7.93. The third kappa shape index (κ3) is 1.39. The molecule has 0 aliphatic heterocycles. The fourth-order valence-electron chi connectivity index (χ4n) is 1.38. The van der Waals surface area contributed by atoms with E-state index in [1.54, 1.807) is 6.20 Å². The Labute approximate surface area is 89.4 Å². The Morgan fingerprint density at radius 3 is 3.00 bits per heavy atom. The van der Waals surface area contributed by atoms with Gasteiger partial charge in [0.25, 0.3) is 0 Å². The van der Waals surface area contributed by atoms with Crippen LogP contribution in [-0.4, -0.2) is 24.5 Å². The van der Waals surface area contributed by atoms with E-state index in [9.17, 15) is 0 Å². The number of hydrogen-bond acceptors (Lipinski definition) is 5. The Kier molecular flexibility index (Phi) is 1.75. The highest BCUT2D eigenvalue weighted by Crippen LogP contribution is 2.20. The lowest BCUT2D eigenvalue weighted by Crippen LogP contribution is -1.80. The summed E-state index contributed by atoms with van der Waals surface area (Å²) in [6.07, 6.45) is 1.69. The van der Waals surface area contributed by atoms with Gasteiger partial charge in [-0.25, -0.2) is 9.97 Å². The van der Waals surface area contributed by atoms with E-state index in [-0.39, 0.29) is 0 Å². The molecular weight excluding hydrogens is 210 g/mol. The summed E-state index contributed by atoms with van der Waals surface area (Å²) in [5.74, 6) is 0.776. The maximum atomic E-state index is 4.38. The number of aromatic nitrogens is 5. The molecule has 0 atom stereocenters. The second kappa shape index (κ2) is 3.09. The maximum Gasteiger partial charge on any atom is 0.178 e. The monoisotopic (exact) mass is 217 g/mol. The second-order valence-corrected chi connectivity index (χ2v) is 3.98. The number of fused-ring (bicyclic) bond motifs is 1. The van der Waals surface area contributed by atoms with E-state index >= 15 is 0 Å². The van der Waals surface area contributed by atoms with Crippen LogP contribution in [0.1, 0.15) is 5.69 Å². The Bertz CT molecular complexity index is 598. The van der Waals surface area contributed by atoms with E-state index in [0.717, 1.165) is 27.6 Å². The Hall–Kier alpha value is -1.82. The third-order valence-corrected chi connectivity index (χ3v) is 2.75. The molecule has 3 aromatic heterocycles. The van der Waals surface area contributed by atoms with Gasteiger partial charge in [-0.3, -0.25) is 0 Å². The smallest absolute Gasteiger partial charge is 0.178 e. The number of pyridine rings is 1. The van der Waals surface area contributed by atoms with Crippen LogP contribution in [0.25, 0.3) is 21.9 Å². The lowest BCUT2D eigenvalue weighted by Gasteiger charge is -1.88. The highest BCUT2D eigenvalue weighted by molar-refractivity contribution is 7.09. The fourth-order valence-corrected chi connectivity index (χ4v) is 1.84. The fraction of sp³-hybridized carbons (Fsp3) is 0.111. The number of aromatic amines is 1. The van der Waals surface area contributed by atoms with Crippen LogP contribution < -0.4 is 0 Å². The van der Waals surface area contributed by atoms with Gasteiger partial charge in [-0.2, -0.15) is 0 Å². The highest BCUT2D eigenvalue weighted by Gasteiger charge is 2.07. The normalized spacial score (nSPS) is 11.0. The van der Waals surface area contributed by atoms with Crippen molar-refractivity contribution >= 4 is 22.7 Å². The predicted molar refractivity (Wildman–Crippen MR) is 57.5 cm³/mol. The lowest BCUT2D eigenvalue weighted by atomic mass is 10.4. The van der Waals surface area contributed by atoms with Gasteiger partial charge in [0.2, 0.25) is 0 Å². The number of hydrogen-bond donors (Lipinski definition) is 1. The maximum absolute atomic E-state index is 4.38. The molecule has 0 saturated carbocycles. The standard InChI is InChI=1S/C9H7N5S/c1-5-2-3-6-8(11-5)13-9(12-6)7-4-10-14-15-7/h2-4H,1H3,(H,11,12,13). The molecule has 1 N–H and O–H groups in total. The molecule has 15 heavy (non-hydrogen) atoms. The molecule has 3 rings (SSSR count). The molecule has 3 aromatic rings. The van der Waals surface area contributed by atoms with Crippen LogP contribution in [0.15, 0.2) is 18.3 Å². The number of nitrogens with zero attached hydrogens (tertiary/aromatic N) is 4. The van der Waals surface area contributed by atoms with Crippen molar-refractivity contribution in [2.45, 2.75) is 6.92 Å². The molecule has 0 unspecified atom stereocenters. The Balaban J connectivity index is 2.22. The topological polar surface area (TPSA) is 67.3 Å². The van der Waals surface area contributed by atoms with Gasteiger partial charge in [0, 0.05) is 5.69 Å². The van der Waals surface area contributed by atoms with Crippen molar-refractivity contribution < 1.29 is 0 Å². The molecular formula is C9H7N5S. The molecule has 5 nitrogen and oxygen atoms in total. The first-order chi connectivity index (χ1) is 7.33. The quantitative estimate of drug-likeness (QED) is 0.674. The zero-order valence-corrected chi connectivity index (χ0v) is 8.75. The highest BCUT2D eigenvalue weighted by atomic mass is 32.1. The number of rotatable bonds is 1. The van der Waals surface area contributed by atoms with Crippen LogP contribution in [0, 0.1) is 6.92 Å². The number of H-pyrrole nitrogens is 1. The van der Waals surface area contributed by atoms with Gasteiger partial charge in [0.1, 0.15) is 4.88 Å². The molecule has 0 amide bonds. The van der Waals surface area contributed by atoms with Gasteiger partial charge in [-0.05, 0) is 30.6 Å². The SMILES string of the molecule is Cc1ccc2[nH]c(-c3cnns3)nc2n1. The summed E-state index contributed by atoms with van der Waals surface area (Å²) in [5.41, 5.74) is 2.63. The van der Waals surface area contributed by atoms with Crippen molar-refractivity contribution in [3.63, 3.8) is 0 Å². The summed E-state index contributed by atoms with van der Waals surface area (Å²) in [6, 6.07) is 3.93. The van der Waals surface area contributed by atoms with E-state index in [0.29, 0.717) is 0 Å². The van der Waals surface area contributed by atoms with E-state index in [4.69, 9.17) is 0 Å². The molecule has 74 valence electrons. The molecule has 0 radical (unpaired) electrons. The van der Waals surface area contributed by atoms with Gasteiger partial charge >= 0.3 is 0 Å². The molecule has 0 spiro atoms. The first kappa shape index (κ1) is 8.49. The van der Waals surface area contributed by atoms with Crippen LogP contribution in [-0.2, 0) is 0 Å². The minimum absolute atomic E-state index is 0.735. The van der Waals surface area contributed by atoms with Crippen LogP contribution in [0.3, 0.4) is 0 Å². The number of nitrogens with one attached hydrogen (secondary N) is 1. The lowest BCUT2D eigenvalue weighted by molar-refractivity contribution is 1.15. The van der Waals surface area contributed by atoms with Crippen molar-refractivity contribution in [1.82, 2.24) is 24.5 Å². The summed E-state index contributed by atoms with van der Waals surface area (Å²) in [4.78, 5) is 12.8. The Morgan fingerprint density at radius 1 is 1.27 bits per heavy atom. The average molecular weight is 217 g/mol. The van der Waals surface area contributed by atoms with Gasteiger partial charge < -0.3 is 4.98 Å². The van der Waals surface area contributed by atoms with Gasteiger partial charge in [-0.15, -0.1) is 5.10 Å². The summed E-state index contributed by atoms with van der Waals surface area (Å²) in [6.45, 7) is 1.95. The number of imidazole rings is 1. The van der Waals surface area contributed by atoms with Crippen LogP contribution in [0.4, 0.5) is 0 Å². The number of aryl methyl sites for hydroxylation is 1. The summed E-state index contributed by atoms with van der Waals surface area (Å²) in [7, 11) is 0. The van der Waals surface area contributed by atoms with Crippen LogP contribution in [0.2, 0.25) is 0 Å². The summed E-state index contributed by atoms with van der Waals surface area (Å²) >= 11 is 1.31. The van der Waals surface area contributed by atoms with Crippen molar-refractivity contribution in [3.8, 4) is 10.7 Å². The van der Waals surface area contributed by atoms with E-state index in [1.165, 1.54) is 11.5 Å². The predicted octanol–water partition coefficient (Wildman–Crippen LogP) is 1.78. The molecule has 0 saturated heterocycles. The molecule has 0 aromatic carbocycles. The first-order valence-electron chi connectivity index (χ1n) is 4.44. The average Bonchev–Trinajstić information content (AvgIpc) is 2.84. The summed E-state index contributed by atoms with van der Waals surface area (Å²) < 4.78 is 3.80. The minimum Gasteiger partial charge on any atom is -0.336 e. The van der Waals surface area contributed by atoms with E-state index in [1.807, 2.05) is 19.1 Å². The van der Waals surface area contributed by atoms with E-state index in [2.05, 4.69) is 24.5 Å². The molecule has 0 fully saturated rings. The van der Waals surface area contributed by atoms with Crippen LogP contribution >= 0.6 is 11.5 Å². The van der Waals surface area contributed by atoms with Crippen molar-refractivity contribution in [1.29, 1.82) is 0 Å². The minimum atomic E-state index is 0.735. The van der Waals surface area contributed by atoms with Crippen LogP contribution in [0.5, 0.6) is 0 Å². The molecule has 0 bridgehead atoms. The summed E-state index contributed by atoms with van der Waals surface area (Å²) in [5, 5.41) is 3.77. The molecule has 6 heteroatoms. The molecule has 3 heterocycles. The Morgan fingerprint density at radius 2 is 2.20 bits per heavy atom. The molecule has 0 aliphatic carbocycles. The van der Waals surface area contributed by atoms with E-state index < -0.39 is 0 Å². The van der Waals surface area contributed by atoms with Gasteiger partial charge in [0.05, 0.1) is 11.7 Å². The van der Waals surface area contributed by atoms with Gasteiger partial charge in [-0.1, -0.05) is 4.49 Å². The first-order valence-corrected chi connectivity index (χ1v) is 5.21. The largest absolute Gasteiger partial charge is 0.336 e. The van der Waals surface area contributed by atoms with Gasteiger partial charge in [0.15, 0.2) is 11.5 Å². The molecule has 0 aliphatic rings. The second-order valence-electron chi connectivity index (χ2n) is 3.19. The zero-order chi connectivity index (χ0) is 10.3. The van der Waals surface area contributed by atoms with Crippen molar-refractivity contribution in [3.05, 3.63) is 24.0 Å².